The van der Waals surface area contributed by atoms with Gasteiger partial charge in [-0.05, 0) is 6.92 Å². The number of imide groups is 1. The van der Waals surface area contributed by atoms with E-state index >= 15 is 0 Å². The van der Waals surface area contributed by atoms with Crippen molar-refractivity contribution < 1.29 is 25.1 Å². The van der Waals surface area contributed by atoms with Gasteiger partial charge < -0.3 is 5.11 Å². The average molecular weight is 178 g/mol. The van der Waals surface area contributed by atoms with E-state index in [-0.39, 0.29) is 6.54 Å². The number of carbonyl (C=O) groups excluding carboxylic acids is 2. The van der Waals surface area contributed by atoms with Gasteiger partial charge in [0.05, 0.1) is 0 Å². The Morgan fingerprint density at radius 1 is 1.33 bits per heavy atom. The van der Waals surface area contributed by atoms with Gasteiger partial charge in [0.1, 0.15) is 6.61 Å². The molecule has 7 nitrogen and oxygen atoms in total. The monoisotopic (exact) mass is 178 g/mol. The fourth-order valence-corrected chi connectivity index (χ4v) is 0.612. The molecule has 0 heterocycles. The highest BCUT2D eigenvalue weighted by Crippen LogP contribution is 1.94. The van der Waals surface area contributed by atoms with E-state index in [0.717, 1.165) is 0 Å². The maximum absolute atomic E-state index is 10.7. The molecular formula is C5H10N2O5. The molecule has 7 heteroatoms. The number of rotatable bonds is 2. The number of hydrogen-bond acceptors (Lipinski definition) is 5. The smallest absolute Gasteiger partial charge is 0.375 e. The van der Waals surface area contributed by atoms with Crippen LogP contribution in [-0.2, 0) is 4.79 Å². The van der Waals surface area contributed by atoms with Gasteiger partial charge in [0.25, 0.3) is 5.91 Å². The summed E-state index contributed by atoms with van der Waals surface area (Å²) in [6.07, 6.45) is 0. The molecule has 0 saturated carbocycles. The molecule has 70 valence electrons. The maximum atomic E-state index is 10.7. The summed E-state index contributed by atoms with van der Waals surface area (Å²) in [5, 5.41) is 24.1. The van der Waals surface area contributed by atoms with E-state index in [2.05, 4.69) is 0 Å². The van der Waals surface area contributed by atoms with Crippen molar-refractivity contribution in [1.82, 2.24) is 10.1 Å². The first-order valence-electron chi connectivity index (χ1n) is 3.17. The van der Waals surface area contributed by atoms with Crippen LogP contribution in [-0.4, -0.2) is 50.7 Å². The van der Waals surface area contributed by atoms with Crippen LogP contribution >= 0.6 is 0 Å². The molecule has 0 aliphatic rings. The summed E-state index contributed by atoms with van der Waals surface area (Å²) < 4.78 is 0. The van der Waals surface area contributed by atoms with E-state index in [1.165, 1.54) is 6.92 Å². The van der Waals surface area contributed by atoms with Crippen LogP contribution in [0.4, 0.5) is 4.79 Å². The number of aliphatic hydroxyl groups excluding tert-OH is 1. The second-order valence-corrected chi connectivity index (χ2v) is 1.87. The Morgan fingerprint density at radius 2 is 1.83 bits per heavy atom. The molecule has 0 aromatic heterocycles. The third-order valence-corrected chi connectivity index (χ3v) is 1.15. The van der Waals surface area contributed by atoms with Gasteiger partial charge >= 0.3 is 6.03 Å². The number of urea groups is 1. The lowest BCUT2D eigenvalue weighted by Gasteiger charge is -2.18. The van der Waals surface area contributed by atoms with Crippen LogP contribution in [0.15, 0.2) is 0 Å². The molecule has 0 saturated heterocycles. The maximum Gasteiger partial charge on any atom is 0.375 e. The summed E-state index contributed by atoms with van der Waals surface area (Å²) in [5.41, 5.74) is 0. The zero-order valence-electron chi connectivity index (χ0n) is 6.47. The van der Waals surface area contributed by atoms with Crippen molar-refractivity contribution in [3.8, 4) is 0 Å². The predicted octanol–water partition coefficient (Wildman–Crippen LogP) is -0.972. The highest BCUT2D eigenvalue weighted by Gasteiger charge is 2.22. The molecule has 0 radical (unpaired) electrons. The van der Waals surface area contributed by atoms with Crippen LogP contribution in [0, 0.1) is 0 Å². The van der Waals surface area contributed by atoms with Crippen molar-refractivity contribution in [3.05, 3.63) is 0 Å². The number of hydrogen-bond donors (Lipinski definition) is 3. The average Bonchev–Trinajstić information content (AvgIpc) is 2.05. The zero-order chi connectivity index (χ0) is 9.72. The Hall–Kier alpha value is -1.18. The van der Waals surface area contributed by atoms with Gasteiger partial charge in [-0.15, -0.1) is 0 Å². The summed E-state index contributed by atoms with van der Waals surface area (Å²) in [6.45, 7) is 0.554. The molecule has 0 rings (SSSR count). The van der Waals surface area contributed by atoms with Crippen LogP contribution in [0.2, 0.25) is 0 Å². The minimum Gasteiger partial charge on any atom is -0.387 e. The number of aliphatic hydroxyl groups is 1. The fourth-order valence-electron chi connectivity index (χ4n) is 0.612. The quantitative estimate of drug-likeness (QED) is 0.373. The van der Waals surface area contributed by atoms with Crippen molar-refractivity contribution >= 4 is 11.9 Å². The van der Waals surface area contributed by atoms with Crippen LogP contribution in [0.3, 0.4) is 0 Å². The van der Waals surface area contributed by atoms with E-state index in [4.69, 9.17) is 15.5 Å². The Morgan fingerprint density at radius 3 is 2.08 bits per heavy atom. The van der Waals surface area contributed by atoms with Crippen LogP contribution < -0.4 is 0 Å². The Balaban J connectivity index is 4.34. The first-order chi connectivity index (χ1) is 5.54. The topological polar surface area (TPSA) is 101 Å². The second kappa shape index (κ2) is 4.65. The largest absolute Gasteiger partial charge is 0.387 e. The summed E-state index contributed by atoms with van der Waals surface area (Å²) >= 11 is 0. The van der Waals surface area contributed by atoms with Crippen molar-refractivity contribution in [1.29, 1.82) is 0 Å². The van der Waals surface area contributed by atoms with Crippen molar-refractivity contribution in [2.75, 3.05) is 13.2 Å². The highest BCUT2D eigenvalue weighted by atomic mass is 16.8. The molecule has 0 fully saturated rings. The third-order valence-electron chi connectivity index (χ3n) is 1.15. The molecule has 3 N–H and O–H groups in total. The lowest BCUT2D eigenvalue weighted by atomic mass is 10.5. The molecule has 0 unspecified atom stereocenters. The van der Waals surface area contributed by atoms with E-state index in [0.29, 0.717) is 4.90 Å². The molecular weight excluding hydrogens is 168 g/mol. The lowest BCUT2D eigenvalue weighted by molar-refractivity contribution is -0.263. The van der Waals surface area contributed by atoms with Crippen molar-refractivity contribution in [2.45, 2.75) is 6.92 Å². The normalized spacial score (nSPS) is 9.33. The first kappa shape index (κ1) is 10.8. The number of nitrogens with zero attached hydrogens (tertiary/aromatic N) is 2. The summed E-state index contributed by atoms with van der Waals surface area (Å²) in [4.78, 5) is 21.9. The first-order valence-corrected chi connectivity index (χ1v) is 3.17. The second-order valence-electron chi connectivity index (χ2n) is 1.87. The van der Waals surface area contributed by atoms with Gasteiger partial charge in [0.15, 0.2) is 0 Å². The van der Waals surface area contributed by atoms with Gasteiger partial charge in [-0.2, -0.15) is 0 Å². The predicted molar refractivity (Wildman–Crippen MR) is 35.3 cm³/mol. The van der Waals surface area contributed by atoms with Gasteiger partial charge in [-0.1, -0.05) is 5.23 Å². The van der Waals surface area contributed by atoms with Gasteiger partial charge in [-0.25, -0.2) is 4.79 Å². The van der Waals surface area contributed by atoms with Gasteiger partial charge in [-0.3, -0.25) is 20.1 Å². The third kappa shape index (κ3) is 2.46. The van der Waals surface area contributed by atoms with Gasteiger partial charge in [0, 0.05) is 6.54 Å². The number of likely N-dealkylation sites (N-methyl/N-ethyl adjacent to an activating group) is 1. The van der Waals surface area contributed by atoms with E-state index < -0.39 is 23.8 Å². The van der Waals surface area contributed by atoms with Crippen LogP contribution in [0.5, 0.6) is 0 Å². The number of hydroxylamine groups is 2. The molecule has 0 atom stereocenters. The van der Waals surface area contributed by atoms with Crippen LogP contribution in [0.1, 0.15) is 6.92 Å². The van der Waals surface area contributed by atoms with Crippen molar-refractivity contribution in [3.63, 3.8) is 0 Å². The van der Waals surface area contributed by atoms with E-state index in [1.54, 1.807) is 0 Å². The summed E-state index contributed by atoms with van der Waals surface area (Å²) in [6, 6.07) is -1.29. The molecule has 0 aliphatic carbocycles. The molecule has 0 spiro atoms. The van der Waals surface area contributed by atoms with Gasteiger partial charge in [0.2, 0.25) is 0 Å². The van der Waals surface area contributed by atoms with Crippen molar-refractivity contribution in [2.24, 2.45) is 0 Å². The van der Waals surface area contributed by atoms with E-state index in [9.17, 15) is 9.59 Å². The molecule has 0 aromatic carbocycles. The summed E-state index contributed by atoms with van der Waals surface area (Å²) in [7, 11) is 0. The number of carbonyl (C=O) groups is 2. The standard InChI is InChI=1S/C5H10N2O5/c1-2-6(4(9)3-8)5(10)7(11)12/h8,11-12H,2-3H2,1H3. The Labute approximate surface area is 68.3 Å². The van der Waals surface area contributed by atoms with Crippen LogP contribution in [0.25, 0.3) is 0 Å². The Kier molecular flexibility index (Phi) is 4.19. The lowest BCUT2D eigenvalue weighted by Crippen LogP contribution is -2.44. The fraction of sp³-hybridized carbons (Fsp3) is 0.600. The molecule has 12 heavy (non-hydrogen) atoms. The Bertz CT molecular complexity index is 181. The SMILES string of the molecule is CCN(C(=O)CO)C(=O)N(O)O. The molecule has 0 aromatic rings. The molecule has 0 aliphatic heterocycles. The molecule has 0 bridgehead atoms. The van der Waals surface area contributed by atoms with E-state index in [1.807, 2.05) is 0 Å². The minimum atomic E-state index is -1.29. The summed E-state index contributed by atoms with van der Waals surface area (Å²) in [5.74, 6) is -0.893. The minimum absolute atomic E-state index is 0.0458. The zero-order valence-corrected chi connectivity index (χ0v) is 6.47. The highest BCUT2D eigenvalue weighted by molar-refractivity contribution is 5.94. The number of amides is 3. The molecule has 3 amide bonds.